The molecule has 1 aliphatic rings. The van der Waals surface area contributed by atoms with Crippen molar-refractivity contribution >= 4 is 87.9 Å². The molecule has 0 saturated carbocycles. The molecule has 0 amide bonds. The first-order valence-electron chi connectivity index (χ1n) is 18.9. The molecule has 2 aromatic heterocycles. The summed E-state index contributed by atoms with van der Waals surface area (Å²) in [5.74, 6) is 1.42. The van der Waals surface area contributed by atoms with Crippen molar-refractivity contribution in [1.82, 2.24) is 5.32 Å². The molecule has 1 aliphatic heterocycles. The van der Waals surface area contributed by atoms with Gasteiger partial charge in [0.15, 0.2) is 5.84 Å². The predicted octanol–water partition coefficient (Wildman–Crippen LogP) is 13.1. The van der Waals surface area contributed by atoms with Crippen LogP contribution in [-0.2, 0) is 0 Å². The monoisotopic (exact) mass is 717 g/mol. The zero-order valence-corrected chi connectivity index (χ0v) is 30.0. The highest BCUT2D eigenvalue weighted by atomic mass is 16.3. The van der Waals surface area contributed by atoms with Crippen LogP contribution in [0.15, 0.2) is 195 Å². The minimum Gasteiger partial charge on any atom is -0.455 e. The number of fused-ring (bicyclic) bond motifs is 10. The van der Waals surface area contributed by atoms with Crippen LogP contribution < -0.4 is 5.32 Å². The molecule has 0 aliphatic carbocycles. The van der Waals surface area contributed by atoms with Crippen molar-refractivity contribution in [2.75, 3.05) is 0 Å². The van der Waals surface area contributed by atoms with Gasteiger partial charge in [-0.25, -0.2) is 9.98 Å². The average Bonchev–Trinajstić information content (AvgIpc) is 3.85. The highest BCUT2D eigenvalue weighted by Crippen LogP contribution is 2.45. The largest absolute Gasteiger partial charge is 0.455 e. The molecular weight excluding hydrogens is 687 g/mol. The van der Waals surface area contributed by atoms with E-state index in [0.29, 0.717) is 5.84 Å². The first kappa shape index (κ1) is 30.9. The summed E-state index contributed by atoms with van der Waals surface area (Å²) in [5.41, 5.74) is 8.43. The number of rotatable bonds is 4. The number of hydrogen-bond acceptors (Lipinski definition) is 5. The van der Waals surface area contributed by atoms with Crippen LogP contribution in [0.5, 0.6) is 0 Å². The van der Waals surface area contributed by atoms with Crippen LogP contribution in [0.1, 0.15) is 22.9 Å². The van der Waals surface area contributed by atoms with E-state index < -0.39 is 0 Å². The van der Waals surface area contributed by atoms with E-state index in [9.17, 15) is 0 Å². The molecule has 0 bridgehead atoms. The van der Waals surface area contributed by atoms with E-state index in [1.165, 1.54) is 16.2 Å². The van der Waals surface area contributed by atoms with E-state index in [2.05, 4.69) is 157 Å². The minimum absolute atomic E-state index is 0.363. The van der Waals surface area contributed by atoms with E-state index in [4.69, 9.17) is 18.8 Å². The summed E-state index contributed by atoms with van der Waals surface area (Å²) in [6.45, 7) is 0. The van der Waals surface area contributed by atoms with Gasteiger partial charge in [-0.2, -0.15) is 0 Å². The third kappa shape index (κ3) is 4.74. The van der Waals surface area contributed by atoms with Crippen LogP contribution in [0.4, 0.5) is 0 Å². The Hall–Kier alpha value is -7.50. The van der Waals surface area contributed by atoms with Gasteiger partial charge in [-0.3, -0.25) is 0 Å². The molecule has 9 aromatic carbocycles. The second kappa shape index (κ2) is 12.0. The predicted molar refractivity (Wildman–Crippen MR) is 231 cm³/mol. The Kier molecular flexibility index (Phi) is 6.63. The topological polar surface area (TPSA) is 63.0 Å². The fourth-order valence-electron chi connectivity index (χ4n) is 8.62. The quantitative estimate of drug-likeness (QED) is 0.197. The van der Waals surface area contributed by atoms with Gasteiger partial charge in [0.25, 0.3) is 0 Å². The summed E-state index contributed by atoms with van der Waals surface area (Å²) in [5, 5.41) is 14.8. The number of amidine groups is 2. The van der Waals surface area contributed by atoms with Crippen molar-refractivity contribution in [1.29, 1.82) is 0 Å². The molecule has 1 N–H and O–H groups in total. The molecule has 0 radical (unpaired) electrons. The zero-order chi connectivity index (χ0) is 36.7. The van der Waals surface area contributed by atoms with E-state index in [0.717, 1.165) is 93.7 Å². The second-order valence-electron chi connectivity index (χ2n) is 14.5. The van der Waals surface area contributed by atoms with Crippen LogP contribution in [0.25, 0.3) is 87.3 Å². The first-order chi connectivity index (χ1) is 27.7. The fourth-order valence-corrected chi connectivity index (χ4v) is 8.62. The molecule has 1 unspecified atom stereocenters. The lowest BCUT2D eigenvalue weighted by Gasteiger charge is -2.24. The van der Waals surface area contributed by atoms with Crippen molar-refractivity contribution in [2.24, 2.45) is 9.98 Å². The van der Waals surface area contributed by atoms with Gasteiger partial charge in [-0.15, -0.1) is 0 Å². The normalized spacial score (nSPS) is 14.6. The van der Waals surface area contributed by atoms with Crippen LogP contribution >= 0.6 is 0 Å². The number of benzene rings is 9. The maximum Gasteiger partial charge on any atom is 0.159 e. The van der Waals surface area contributed by atoms with Gasteiger partial charge in [0.05, 0.1) is 0 Å². The molecule has 56 heavy (non-hydrogen) atoms. The van der Waals surface area contributed by atoms with Gasteiger partial charge in [-0.1, -0.05) is 146 Å². The molecule has 3 heterocycles. The van der Waals surface area contributed by atoms with Crippen molar-refractivity contribution in [3.05, 3.63) is 193 Å². The number of hydrogen-bond donors (Lipinski definition) is 1. The van der Waals surface area contributed by atoms with Gasteiger partial charge in [-0.05, 0) is 68.4 Å². The number of furan rings is 2. The van der Waals surface area contributed by atoms with Crippen molar-refractivity contribution in [3.63, 3.8) is 0 Å². The Morgan fingerprint density at radius 1 is 0.429 bits per heavy atom. The van der Waals surface area contributed by atoms with Crippen LogP contribution in [0, 0.1) is 0 Å². The third-order valence-electron chi connectivity index (χ3n) is 11.3. The maximum atomic E-state index is 6.89. The summed E-state index contributed by atoms with van der Waals surface area (Å²) in [7, 11) is 0. The lowest BCUT2D eigenvalue weighted by Crippen LogP contribution is -2.33. The molecule has 0 fully saturated rings. The Morgan fingerprint density at radius 2 is 1.07 bits per heavy atom. The Morgan fingerprint density at radius 3 is 1.93 bits per heavy atom. The number of nitrogens with one attached hydrogen (secondary N) is 1. The Balaban J connectivity index is 1.07. The number of para-hydroxylation sites is 2. The van der Waals surface area contributed by atoms with Gasteiger partial charge in [0, 0.05) is 43.6 Å². The van der Waals surface area contributed by atoms with Gasteiger partial charge < -0.3 is 14.2 Å². The highest BCUT2D eigenvalue weighted by molar-refractivity contribution is 6.26. The summed E-state index contributed by atoms with van der Waals surface area (Å²) < 4.78 is 13.5. The molecule has 0 saturated heterocycles. The third-order valence-corrected chi connectivity index (χ3v) is 11.3. The van der Waals surface area contributed by atoms with Crippen LogP contribution in [0.3, 0.4) is 0 Å². The summed E-state index contributed by atoms with van der Waals surface area (Å²) in [6.07, 6.45) is -0.363. The maximum absolute atomic E-state index is 6.89. The Labute approximate surface area is 320 Å². The van der Waals surface area contributed by atoms with E-state index in [1.54, 1.807) is 0 Å². The standard InChI is InChI=1S/C51H31N3O2/c1-3-13-32-27-35(25-23-30(32)11-1)49-52-50(36-26-24-31-12-2-4-14-33(31)28-36)54-51(53-49)41-20-10-22-44-45(41)40-19-9-18-38(47(40)56-44)42-29-34-15-5-6-16-37(34)48-46(42)39-17-7-8-21-43(39)55-48/h1-29,49H,(H,52,53,54). The van der Waals surface area contributed by atoms with E-state index in [1.807, 2.05) is 24.3 Å². The van der Waals surface area contributed by atoms with Gasteiger partial charge in [0.1, 0.15) is 34.3 Å². The molecule has 0 spiro atoms. The SMILES string of the molecule is c1ccc2cc(C3=NC(c4ccc5ccccc5c4)NC(c4cccc5oc6c(-c7cc8ccccc8c8oc9ccccc9c78)cccc6c45)=N3)ccc2c1. The fraction of sp³-hybridized carbons (Fsp3) is 0.0196. The molecule has 5 nitrogen and oxygen atoms in total. The minimum atomic E-state index is -0.363. The average molecular weight is 718 g/mol. The molecular formula is C51H31N3O2. The van der Waals surface area contributed by atoms with Crippen molar-refractivity contribution < 1.29 is 8.83 Å². The highest BCUT2D eigenvalue weighted by Gasteiger charge is 2.26. The van der Waals surface area contributed by atoms with Crippen LogP contribution in [0.2, 0.25) is 0 Å². The molecule has 12 rings (SSSR count). The van der Waals surface area contributed by atoms with Crippen molar-refractivity contribution in [3.8, 4) is 11.1 Å². The molecule has 11 aromatic rings. The van der Waals surface area contributed by atoms with Gasteiger partial charge >= 0.3 is 0 Å². The zero-order valence-electron chi connectivity index (χ0n) is 30.0. The summed E-state index contributed by atoms with van der Waals surface area (Å²) in [6, 6.07) is 61.5. The van der Waals surface area contributed by atoms with Gasteiger partial charge in [0.2, 0.25) is 0 Å². The summed E-state index contributed by atoms with van der Waals surface area (Å²) in [4.78, 5) is 10.5. The van der Waals surface area contributed by atoms with Crippen molar-refractivity contribution in [2.45, 2.75) is 6.17 Å². The smallest absolute Gasteiger partial charge is 0.159 e. The lowest BCUT2D eigenvalue weighted by atomic mass is 9.94. The lowest BCUT2D eigenvalue weighted by molar-refractivity contribution is 0.668. The van der Waals surface area contributed by atoms with E-state index >= 15 is 0 Å². The number of nitrogens with zero attached hydrogens (tertiary/aromatic N) is 2. The second-order valence-corrected chi connectivity index (χ2v) is 14.5. The number of aliphatic imine (C=N–C) groups is 2. The molecule has 5 heteroatoms. The van der Waals surface area contributed by atoms with Crippen LogP contribution in [-0.4, -0.2) is 11.7 Å². The molecule has 1 atom stereocenters. The molecule has 262 valence electrons. The summed E-state index contributed by atoms with van der Waals surface area (Å²) >= 11 is 0. The Bertz CT molecular complexity index is 3480. The van der Waals surface area contributed by atoms with E-state index in [-0.39, 0.29) is 6.17 Å². The first-order valence-corrected chi connectivity index (χ1v) is 18.9.